The summed E-state index contributed by atoms with van der Waals surface area (Å²) in [5, 5.41) is 0. The Morgan fingerprint density at radius 2 is 2.07 bits per heavy atom. The van der Waals surface area contributed by atoms with Gasteiger partial charge in [0.05, 0.1) is 5.60 Å². The molecule has 0 aromatic heterocycles. The van der Waals surface area contributed by atoms with Crippen LogP contribution in [-0.2, 0) is 9.53 Å². The third-order valence-corrected chi connectivity index (χ3v) is 1.96. The molecular formula is C12H23NO2. The third kappa shape index (κ3) is 8.18. The number of amides is 1. The molecule has 1 amide bonds. The summed E-state index contributed by atoms with van der Waals surface area (Å²) in [6.45, 7) is 10.4. The predicted octanol–water partition coefficient (Wildman–Crippen LogP) is 2.23. The Morgan fingerprint density at radius 3 is 2.53 bits per heavy atom. The fraction of sp³-hybridized carbons (Fsp3) is 0.750. The summed E-state index contributed by atoms with van der Waals surface area (Å²) in [4.78, 5) is 13.3. The smallest absolute Gasteiger partial charge is 0.248 e. The van der Waals surface area contributed by atoms with E-state index in [0.717, 1.165) is 19.4 Å². The molecule has 0 rings (SSSR count). The minimum absolute atomic E-state index is 0.0361. The van der Waals surface area contributed by atoms with Crippen molar-refractivity contribution in [1.29, 1.82) is 0 Å². The standard InChI is InChI=1S/C12H23NO2/c1-6-7-8-9-13(5)11(14)10-15-12(2,3)4/h6H,1,7-10H2,2-5H3. The summed E-state index contributed by atoms with van der Waals surface area (Å²) in [5.74, 6) is 0.0361. The van der Waals surface area contributed by atoms with E-state index in [2.05, 4.69) is 6.58 Å². The summed E-state index contributed by atoms with van der Waals surface area (Å²) in [5.41, 5.74) is -0.252. The van der Waals surface area contributed by atoms with Crippen LogP contribution in [0.3, 0.4) is 0 Å². The van der Waals surface area contributed by atoms with Gasteiger partial charge in [-0.3, -0.25) is 4.79 Å². The number of rotatable bonds is 6. The van der Waals surface area contributed by atoms with E-state index in [9.17, 15) is 4.79 Å². The summed E-state index contributed by atoms with van der Waals surface area (Å²) >= 11 is 0. The lowest BCUT2D eigenvalue weighted by Crippen LogP contribution is -2.34. The zero-order chi connectivity index (χ0) is 11.9. The van der Waals surface area contributed by atoms with Gasteiger partial charge in [0.1, 0.15) is 6.61 Å². The number of ether oxygens (including phenoxy) is 1. The van der Waals surface area contributed by atoms with Crippen molar-refractivity contribution in [2.24, 2.45) is 0 Å². The second kappa shape index (κ2) is 6.62. The third-order valence-electron chi connectivity index (χ3n) is 1.96. The molecule has 0 heterocycles. The SMILES string of the molecule is C=CCCCN(C)C(=O)COC(C)(C)C. The van der Waals surface area contributed by atoms with Crippen molar-refractivity contribution in [2.45, 2.75) is 39.2 Å². The maximum absolute atomic E-state index is 11.6. The van der Waals surface area contributed by atoms with Crippen LogP contribution in [0.5, 0.6) is 0 Å². The second-order valence-electron chi connectivity index (χ2n) is 4.65. The van der Waals surface area contributed by atoms with Gasteiger partial charge in [-0.05, 0) is 33.6 Å². The van der Waals surface area contributed by atoms with Crippen molar-refractivity contribution in [3.8, 4) is 0 Å². The van der Waals surface area contributed by atoms with Crippen LogP contribution < -0.4 is 0 Å². The molecule has 0 N–H and O–H groups in total. The molecule has 0 atom stereocenters. The van der Waals surface area contributed by atoms with E-state index in [1.165, 1.54) is 0 Å². The number of carbonyl (C=O) groups excluding carboxylic acids is 1. The van der Waals surface area contributed by atoms with Gasteiger partial charge < -0.3 is 9.64 Å². The number of hydrogen-bond acceptors (Lipinski definition) is 2. The largest absolute Gasteiger partial charge is 0.366 e. The maximum atomic E-state index is 11.6. The van der Waals surface area contributed by atoms with Crippen molar-refractivity contribution in [2.75, 3.05) is 20.2 Å². The van der Waals surface area contributed by atoms with Gasteiger partial charge in [0.15, 0.2) is 0 Å². The Morgan fingerprint density at radius 1 is 1.47 bits per heavy atom. The molecular weight excluding hydrogens is 190 g/mol. The molecule has 0 aromatic carbocycles. The first-order valence-corrected chi connectivity index (χ1v) is 5.35. The number of likely N-dealkylation sites (N-methyl/N-ethyl adjacent to an activating group) is 1. The number of nitrogens with zero attached hydrogens (tertiary/aromatic N) is 1. The van der Waals surface area contributed by atoms with E-state index in [4.69, 9.17) is 4.74 Å². The molecule has 0 saturated carbocycles. The topological polar surface area (TPSA) is 29.5 Å². The first-order valence-electron chi connectivity index (χ1n) is 5.35. The van der Waals surface area contributed by atoms with Gasteiger partial charge in [-0.1, -0.05) is 6.08 Å². The molecule has 15 heavy (non-hydrogen) atoms. The Kier molecular flexibility index (Phi) is 6.25. The molecule has 0 fully saturated rings. The molecule has 0 aliphatic carbocycles. The highest BCUT2D eigenvalue weighted by atomic mass is 16.5. The molecule has 88 valence electrons. The molecule has 0 aromatic rings. The predicted molar refractivity (Wildman–Crippen MR) is 62.8 cm³/mol. The molecule has 0 unspecified atom stereocenters. The average Bonchev–Trinajstić information content (AvgIpc) is 2.13. The van der Waals surface area contributed by atoms with E-state index >= 15 is 0 Å². The highest BCUT2D eigenvalue weighted by Crippen LogP contribution is 2.06. The van der Waals surface area contributed by atoms with Crippen molar-refractivity contribution in [3.63, 3.8) is 0 Å². The molecule has 3 heteroatoms. The zero-order valence-corrected chi connectivity index (χ0v) is 10.4. The average molecular weight is 213 g/mol. The Hall–Kier alpha value is -0.830. The van der Waals surface area contributed by atoms with Crippen LogP contribution in [0.25, 0.3) is 0 Å². The van der Waals surface area contributed by atoms with Crippen molar-refractivity contribution in [3.05, 3.63) is 12.7 Å². The van der Waals surface area contributed by atoms with Crippen LogP contribution in [0.15, 0.2) is 12.7 Å². The summed E-state index contributed by atoms with van der Waals surface area (Å²) in [7, 11) is 1.80. The van der Waals surface area contributed by atoms with E-state index in [0.29, 0.717) is 0 Å². The summed E-state index contributed by atoms with van der Waals surface area (Å²) in [6, 6.07) is 0. The lowest BCUT2D eigenvalue weighted by molar-refractivity contribution is -0.139. The highest BCUT2D eigenvalue weighted by molar-refractivity contribution is 5.77. The number of unbranched alkanes of at least 4 members (excludes halogenated alkanes) is 1. The fourth-order valence-corrected chi connectivity index (χ4v) is 0.986. The van der Waals surface area contributed by atoms with Gasteiger partial charge in [-0.2, -0.15) is 0 Å². The highest BCUT2D eigenvalue weighted by Gasteiger charge is 2.14. The van der Waals surface area contributed by atoms with Gasteiger partial charge in [-0.15, -0.1) is 6.58 Å². The number of hydrogen-bond donors (Lipinski definition) is 0. The lowest BCUT2D eigenvalue weighted by Gasteiger charge is -2.22. The van der Waals surface area contributed by atoms with Gasteiger partial charge in [-0.25, -0.2) is 0 Å². The van der Waals surface area contributed by atoms with Crippen molar-refractivity contribution in [1.82, 2.24) is 4.90 Å². The lowest BCUT2D eigenvalue weighted by atomic mass is 10.2. The molecule has 0 saturated heterocycles. The van der Waals surface area contributed by atoms with E-state index in [1.54, 1.807) is 11.9 Å². The minimum atomic E-state index is -0.252. The van der Waals surface area contributed by atoms with E-state index in [-0.39, 0.29) is 18.1 Å². The Labute approximate surface area is 93.1 Å². The maximum Gasteiger partial charge on any atom is 0.248 e. The fourth-order valence-electron chi connectivity index (χ4n) is 0.986. The zero-order valence-electron chi connectivity index (χ0n) is 10.4. The Balaban J connectivity index is 3.74. The van der Waals surface area contributed by atoms with Crippen LogP contribution in [0, 0.1) is 0 Å². The van der Waals surface area contributed by atoms with Gasteiger partial charge in [0.25, 0.3) is 0 Å². The Bertz CT molecular complexity index is 206. The van der Waals surface area contributed by atoms with Crippen molar-refractivity contribution >= 4 is 5.91 Å². The minimum Gasteiger partial charge on any atom is -0.366 e. The molecule has 0 aliphatic heterocycles. The van der Waals surface area contributed by atoms with Crippen molar-refractivity contribution < 1.29 is 9.53 Å². The summed E-state index contributed by atoms with van der Waals surface area (Å²) < 4.78 is 5.41. The normalized spacial score (nSPS) is 11.2. The number of allylic oxidation sites excluding steroid dienone is 1. The number of carbonyl (C=O) groups is 1. The quantitative estimate of drug-likeness (QED) is 0.500. The molecule has 0 bridgehead atoms. The van der Waals surface area contributed by atoms with E-state index in [1.807, 2.05) is 26.8 Å². The summed E-state index contributed by atoms with van der Waals surface area (Å²) in [6.07, 6.45) is 3.77. The molecule has 0 aliphatic rings. The molecule has 3 nitrogen and oxygen atoms in total. The van der Waals surface area contributed by atoms with Crippen LogP contribution >= 0.6 is 0 Å². The van der Waals surface area contributed by atoms with Crippen LogP contribution in [0.2, 0.25) is 0 Å². The monoisotopic (exact) mass is 213 g/mol. The first-order chi connectivity index (χ1) is 6.87. The van der Waals surface area contributed by atoms with Crippen LogP contribution in [0.1, 0.15) is 33.6 Å². The van der Waals surface area contributed by atoms with Gasteiger partial charge >= 0.3 is 0 Å². The van der Waals surface area contributed by atoms with Crippen LogP contribution in [0.4, 0.5) is 0 Å². The first kappa shape index (κ1) is 14.2. The van der Waals surface area contributed by atoms with E-state index < -0.39 is 0 Å². The van der Waals surface area contributed by atoms with Gasteiger partial charge in [0, 0.05) is 13.6 Å². The second-order valence-corrected chi connectivity index (χ2v) is 4.65. The molecule has 0 spiro atoms. The van der Waals surface area contributed by atoms with Gasteiger partial charge in [0.2, 0.25) is 5.91 Å². The molecule has 0 radical (unpaired) electrons. The van der Waals surface area contributed by atoms with Crippen LogP contribution in [-0.4, -0.2) is 36.6 Å².